The van der Waals surface area contributed by atoms with E-state index in [1.807, 2.05) is 6.92 Å². The number of fused-ring (bicyclic) bond motifs is 1. The van der Waals surface area contributed by atoms with Crippen LogP contribution in [0.3, 0.4) is 0 Å². The quantitative estimate of drug-likeness (QED) is 0.873. The maximum Gasteiger partial charge on any atom is 0.138 e. The predicted octanol–water partition coefficient (Wildman–Crippen LogP) is 3.65. The number of thiophene rings is 1. The monoisotopic (exact) mass is 289 g/mol. The number of rotatable bonds is 4. The Morgan fingerprint density at radius 2 is 2.06 bits per heavy atom. The molecule has 0 aliphatic carbocycles. The zero-order valence-electron chi connectivity index (χ0n) is 9.63. The molecular formula is C11H13Cl2N3S. The molecule has 0 saturated heterocycles. The summed E-state index contributed by atoms with van der Waals surface area (Å²) < 4.78 is 0. The van der Waals surface area contributed by atoms with Crippen molar-refractivity contribution in [3.05, 3.63) is 17.3 Å². The molecule has 0 radical (unpaired) electrons. The largest absolute Gasteiger partial charge is 0.362 e. The fourth-order valence-electron chi connectivity index (χ4n) is 1.46. The van der Waals surface area contributed by atoms with Crippen molar-refractivity contribution >= 4 is 50.6 Å². The predicted molar refractivity (Wildman–Crippen MR) is 75.6 cm³/mol. The van der Waals surface area contributed by atoms with Crippen LogP contribution in [0.15, 0.2) is 12.4 Å². The Kier molecular flexibility index (Phi) is 3.76. The Morgan fingerprint density at radius 3 is 2.71 bits per heavy atom. The molecule has 0 amide bonds. The van der Waals surface area contributed by atoms with Crippen LogP contribution in [-0.2, 0) is 0 Å². The van der Waals surface area contributed by atoms with E-state index < -0.39 is 0 Å². The molecule has 6 heteroatoms. The van der Waals surface area contributed by atoms with Crippen LogP contribution in [0.5, 0.6) is 0 Å². The van der Waals surface area contributed by atoms with Crippen LogP contribution in [0, 0.1) is 6.92 Å². The Morgan fingerprint density at radius 1 is 1.35 bits per heavy atom. The molecule has 2 aromatic heterocycles. The van der Waals surface area contributed by atoms with Gasteiger partial charge in [0, 0.05) is 16.6 Å². The van der Waals surface area contributed by atoms with Gasteiger partial charge in [-0.25, -0.2) is 9.97 Å². The number of aryl methyl sites for hydroxylation is 1. The summed E-state index contributed by atoms with van der Waals surface area (Å²) in [5.41, 5.74) is -0.361. The zero-order valence-corrected chi connectivity index (χ0v) is 12.0. The highest BCUT2D eigenvalue weighted by Crippen LogP contribution is 2.29. The van der Waals surface area contributed by atoms with Crippen LogP contribution >= 0.6 is 34.5 Å². The molecule has 0 atom stereocenters. The van der Waals surface area contributed by atoms with Crippen molar-refractivity contribution in [1.29, 1.82) is 0 Å². The number of nitrogens with one attached hydrogen (secondary N) is 1. The summed E-state index contributed by atoms with van der Waals surface area (Å²) in [6, 6.07) is 2.07. The lowest BCUT2D eigenvalue weighted by atomic mass is 10.1. The minimum Gasteiger partial charge on any atom is -0.362 e. The SMILES string of the molecule is Cc1cc2c(NC(C)(CCl)CCl)ncnc2s1. The number of aromatic nitrogens is 2. The Labute approximate surface area is 114 Å². The van der Waals surface area contributed by atoms with Gasteiger partial charge in [0.15, 0.2) is 0 Å². The van der Waals surface area contributed by atoms with Crippen molar-refractivity contribution in [3.63, 3.8) is 0 Å². The molecule has 0 fully saturated rings. The first-order valence-corrected chi connectivity index (χ1v) is 7.08. The van der Waals surface area contributed by atoms with E-state index in [9.17, 15) is 0 Å². The number of halogens is 2. The maximum absolute atomic E-state index is 5.93. The van der Waals surface area contributed by atoms with Crippen molar-refractivity contribution in [2.45, 2.75) is 19.4 Å². The maximum atomic E-state index is 5.93. The van der Waals surface area contributed by atoms with Crippen molar-refractivity contribution in [3.8, 4) is 0 Å². The standard InChI is InChI=1S/C11H13Cl2N3S/c1-7-3-8-9(14-6-15-10(8)17-7)16-11(2,4-12)5-13/h3,6H,4-5H2,1-2H3,(H,14,15,16). The fraction of sp³-hybridized carbons (Fsp3) is 0.455. The molecule has 0 bridgehead atoms. The molecule has 92 valence electrons. The first kappa shape index (κ1) is 12.9. The van der Waals surface area contributed by atoms with Gasteiger partial charge in [0.1, 0.15) is 17.0 Å². The van der Waals surface area contributed by atoms with Gasteiger partial charge in [-0.1, -0.05) is 0 Å². The summed E-state index contributed by atoms with van der Waals surface area (Å²) in [5.74, 6) is 1.64. The first-order valence-electron chi connectivity index (χ1n) is 5.19. The molecule has 0 aliphatic heterocycles. The Hall–Kier alpha value is -0.580. The highest BCUT2D eigenvalue weighted by atomic mass is 35.5. The van der Waals surface area contributed by atoms with E-state index in [1.165, 1.54) is 4.88 Å². The summed E-state index contributed by atoms with van der Waals surface area (Å²) in [6.45, 7) is 4.03. The van der Waals surface area contributed by atoms with Crippen molar-refractivity contribution in [2.24, 2.45) is 0 Å². The summed E-state index contributed by atoms with van der Waals surface area (Å²) in [6.07, 6.45) is 1.56. The van der Waals surface area contributed by atoms with Crippen molar-refractivity contribution in [1.82, 2.24) is 9.97 Å². The lowest BCUT2D eigenvalue weighted by Crippen LogP contribution is -2.39. The summed E-state index contributed by atoms with van der Waals surface area (Å²) in [7, 11) is 0. The fourth-order valence-corrected chi connectivity index (χ4v) is 2.73. The van der Waals surface area contributed by atoms with Gasteiger partial charge in [-0.05, 0) is 19.9 Å². The smallest absolute Gasteiger partial charge is 0.138 e. The third-order valence-corrected chi connectivity index (χ3v) is 4.60. The average Bonchev–Trinajstić information content (AvgIpc) is 2.70. The van der Waals surface area contributed by atoms with Crippen molar-refractivity contribution < 1.29 is 0 Å². The van der Waals surface area contributed by atoms with E-state index >= 15 is 0 Å². The van der Waals surface area contributed by atoms with Gasteiger partial charge in [0.2, 0.25) is 0 Å². The molecule has 0 unspecified atom stereocenters. The second kappa shape index (κ2) is 4.96. The molecule has 0 spiro atoms. The van der Waals surface area contributed by atoms with Gasteiger partial charge in [0.25, 0.3) is 0 Å². The van der Waals surface area contributed by atoms with Crippen LogP contribution in [0.4, 0.5) is 5.82 Å². The van der Waals surface area contributed by atoms with Gasteiger partial charge in [-0.15, -0.1) is 34.5 Å². The minimum absolute atomic E-state index is 0.361. The van der Waals surface area contributed by atoms with Crippen molar-refractivity contribution in [2.75, 3.05) is 17.1 Å². The normalized spacial score (nSPS) is 12.0. The van der Waals surface area contributed by atoms with Gasteiger partial charge >= 0.3 is 0 Å². The number of hydrogen-bond acceptors (Lipinski definition) is 4. The molecule has 2 heterocycles. The van der Waals surface area contributed by atoms with E-state index in [0.717, 1.165) is 16.0 Å². The Balaban J connectivity index is 2.42. The van der Waals surface area contributed by atoms with Gasteiger partial charge < -0.3 is 5.32 Å². The summed E-state index contributed by atoms with van der Waals surface area (Å²) >= 11 is 13.5. The molecule has 17 heavy (non-hydrogen) atoms. The topological polar surface area (TPSA) is 37.8 Å². The highest BCUT2D eigenvalue weighted by molar-refractivity contribution is 7.18. The molecule has 0 aliphatic rings. The van der Waals surface area contributed by atoms with E-state index in [0.29, 0.717) is 11.8 Å². The molecule has 1 N–H and O–H groups in total. The molecule has 3 nitrogen and oxygen atoms in total. The molecular weight excluding hydrogens is 277 g/mol. The first-order chi connectivity index (χ1) is 8.08. The van der Waals surface area contributed by atoms with E-state index in [4.69, 9.17) is 23.2 Å². The number of hydrogen-bond donors (Lipinski definition) is 1. The van der Waals surface area contributed by atoms with Crippen LogP contribution in [0.25, 0.3) is 10.2 Å². The van der Waals surface area contributed by atoms with Gasteiger partial charge in [-0.2, -0.15) is 0 Å². The van der Waals surface area contributed by atoms with Crippen LogP contribution in [0.2, 0.25) is 0 Å². The Bertz CT molecular complexity index is 522. The zero-order chi connectivity index (χ0) is 12.5. The third-order valence-electron chi connectivity index (χ3n) is 2.46. The van der Waals surface area contributed by atoms with E-state index in [2.05, 4.69) is 28.3 Å². The highest BCUT2D eigenvalue weighted by Gasteiger charge is 2.23. The van der Waals surface area contributed by atoms with E-state index in [1.54, 1.807) is 17.7 Å². The lowest BCUT2D eigenvalue weighted by molar-refractivity contribution is 0.646. The third kappa shape index (κ3) is 2.64. The minimum atomic E-state index is -0.361. The molecule has 0 aromatic carbocycles. The van der Waals surface area contributed by atoms with Gasteiger partial charge in [-0.3, -0.25) is 0 Å². The van der Waals surface area contributed by atoms with Crippen LogP contribution in [0.1, 0.15) is 11.8 Å². The number of alkyl halides is 2. The number of nitrogens with zero attached hydrogens (tertiary/aromatic N) is 2. The number of anilines is 1. The molecule has 0 saturated carbocycles. The second-order valence-corrected chi connectivity index (χ2v) is 6.02. The summed E-state index contributed by atoms with van der Waals surface area (Å²) in [5, 5.41) is 4.33. The molecule has 2 aromatic rings. The van der Waals surface area contributed by atoms with E-state index in [-0.39, 0.29) is 5.54 Å². The van der Waals surface area contributed by atoms with Crippen LogP contribution in [-0.4, -0.2) is 27.3 Å². The second-order valence-electron chi connectivity index (χ2n) is 4.25. The average molecular weight is 290 g/mol. The summed E-state index contributed by atoms with van der Waals surface area (Å²) in [4.78, 5) is 10.7. The lowest BCUT2D eigenvalue weighted by Gasteiger charge is -2.26. The van der Waals surface area contributed by atoms with Crippen LogP contribution < -0.4 is 5.32 Å². The molecule has 2 rings (SSSR count). The van der Waals surface area contributed by atoms with Gasteiger partial charge in [0.05, 0.1) is 10.9 Å².